The summed E-state index contributed by atoms with van der Waals surface area (Å²) in [5.41, 5.74) is 3.14. The second-order valence-electron chi connectivity index (χ2n) is 6.86. The van der Waals surface area contributed by atoms with Crippen LogP contribution in [0.2, 0.25) is 0 Å². The summed E-state index contributed by atoms with van der Waals surface area (Å²) >= 11 is 0. The zero-order valence-electron chi connectivity index (χ0n) is 14.0. The molecule has 1 aromatic rings. The Balaban J connectivity index is 1.55. The van der Waals surface area contributed by atoms with Crippen molar-refractivity contribution < 1.29 is 9.59 Å². The Bertz CT molecular complexity index is 608. The van der Waals surface area contributed by atoms with Crippen LogP contribution in [0, 0.1) is 19.8 Å². The molecule has 124 valence electrons. The first-order chi connectivity index (χ1) is 11.0. The molecule has 1 saturated heterocycles. The van der Waals surface area contributed by atoms with Gasteiger partial charge in [-0.2, -0.15) is 0 Å². The smallest absolute Gasteiger partial charge is 0.225 e. The quantitative estimate of drug-likeness (QED) is 0.925. The van der Waals surface area contributed by atoms with E-state index < -0.39 is 0 Å². The number of aryl methyl sites for hydroxylation is 2. The molecule has 0 aromatic carbocycles. The average molecular weight is 315 g/mol. The van der Waals surface area contributed by atoms with Crippen LogP contribution < -0.4 is 5.32 Å². The summed E-state index contributed by atoms with van der Waals surface area (Å²) in [6.07, 6.45) is 6.75. The molecule has 0 unspecified atom stereocenters. The van der Waals surface area contributed by atoms with Gasteiger partial charge in [-0.1, -0.05) is 12.8 Å². The van der Waals surface area contributed by atoms with Crippen molar-refractivity contribution in [1.82, 2.24) is 15.2 Å². The third-order valence-electron chi connectivity index (χ3n) is 5.10. The van der Waals surface area contributed by atoms with Gasteiger partial charge in [0.2, 0.25) is 11.8 Å². The van der Waals surface area contributed by atoms with Crippen molar-refractivity contribution in [2.24, 2.45) is 5.92 Å². The molecule has 2 amide bonds. The fraction of sp³-hybridized carbons (Fsp3) is 0.611. The van der Waals surface area contributed by atoms with Crippen LogP contribution in [0.3, 0.4) is 0 Å². The molecule has 5 nitrogen and oxygen atoms in total. The number of carbonyl (C=O) groups excluding carboxylic acids is 2. The summed E-state index contributed by atoms with van der Waals surface area (Å²) < 4.78 is 0. The number of pyridine rings is 1. The molecule has 0 radical (unpaired) electrons. The van der Waals surface area contributed by atoms with Crippen molar-refractivity contribution in [2.75, 3.05) is 6.54 Å². The van der Waals surface area contributed by atoms with Crippen molar-refractivity contribution in [3.05, 3.63) is 29.1 Å². The highest BCUT2D eigenvalue weighted by Gasteiger charge is 2.38. The lowest BCUT2D eigenvalue weighted by Crippen LogP contribution is -2.36. The lowest BCUT2D eigenvalue weighted by atomic mass is 10.1. The van der Waals surface area contributed by atoms with E-state index in [2.05, 4.69) is 10.3 Å². The highest BCUT2D eigenvalue weighted by Crippen LogP contribution is 2.29. The molecule has 3 rings (SSSR count). The molecular weight excluding hydrogens is 290 g/mol. The molecule has 23 heavy (non-hydrogen) atoms. The predicted octanol–water partition coefficient (Wildman–Crippen LogP) is 2.11. The highest BCUT2D eigenvalue weighted by atomic mass is 16.2. The van der Waals surface area contributed by atoms with Crippen molar-refractivity contribution in [1.29, 1.82) is 0 Å². The normalized spacial score (nSPS) is 21.9. The first-order valence-corrected chi connectivity index (χ1v) is 8.54. The van der Waals surface area contributed by atoms with E-state index in [1.165, 1.54) is 12.8 Å². The molecule has 1 aromatic heterocycles. The fourth-order valence-corrected chi connectivity index (χ4v) is 3.71. The molecule has 2 aliphatic rings. The largest absolute Gasteiger partial charge is 0.352 e. The number of rotatable bonds is 4. The van der Waals surface area contributed by atoms with Gasteiger partial charge < -0.3 is 10.2 Å². The van der Waals surface area contributed by atoms with Crippen LogP contribution in [0.4, 0.5) is 0 Å². The number of carbonyl (C=O) groups is 2. The number of aromatic nitrogens is 1. The van der Waals surface area contributed by atoms with Crippen LogP contribution in [0.1, 0.15) is 48.9 Å². The Labute approximate surface area is 137 Å². The van der Waals surface area contributed by atoms with Crippen LogP contribution in [0.15, 0.2) is 12.3 Å². The molecule has 0 bridgehead atoms. The van der Waals surface area contributed by atoms with Crippen LogP contribution in [-0.2, 0) is 16.1 Å². The zero-order valence-corrected chi connectivity index (χ0v) is 14.0. The van der Waals surface area contributed by atoms with E-state index in [4.69, 9.17) is 0 Å². The van der Waals surface area contributed by atoms with Gasteiger partial charge in [-0.15, -0.1) is 0 Å². The number of likely N-dealkylation sites (tertiary alicyclic amines) is 1. The number of hydrogen-bond donors (Lipinski definition) is 1. The third kappa shape index (κ3) is 3.54. The number of nitrogens with one attached hydrogen (secondary N) is 1. The maximum Gasteiger partial charge on any atom is 0.225 e. The van der Waals surface area contributed by atoms with E-state index in [0.29, 0.717) is 25.6 Å². The molecule has 1 saturated carbocycles. The Kier molecular flexibility index (Phi) is 4.64. The second kappa shape index (κ2) is 6.69. The van der Waals surface area contributed by atoms with Gasteiger partial charge in [0.15, 0.2) is 0 Å². The van der Waals surface area contributed by atoms with Crippen LogP contribution in [-0.4, -0.2) is 34.3 Å². The highest BCUT2D eigenvalue weighted by molar-refractivity contribution is 5.89. The Morgan fingerprint density at radius 3 is 2.78 bits per heavy atom. The summed E-state index contributed by atoms with van der Waals surface area (Å²) in [7, 11) is 0. The van der Waals surface area contributed by atoms with Gasteiger partial charge in [-0.3, -0.25) is 14.6 Å². The Hall–Kier alpha value is -1.91. The lowest BCUT2D eigenvalue weighted by Gasteiger charge is -2.23. The van der Waals surface area contributed by atoms with E-state index in [-0.39, 0.29) is 17.7 Å². The standard InChI is InChI=1S/C18H25N3O2/c1-12-7-13(2)19-9-15(12)10-20-18(23)14-8-17(22)21(11-14)16-5-3-4-6-16/h7,9,14,16H,3-6,8,10-11H2,1-2H3,(H,20,23)/t14-/m1/s1. The lowest BCUT2D eigenvalue weighted by molar-refractivity contribution is -0.130. The van der Waals surface area contributed by atoms with E-state index in [1.54, 1.807) is 0 Å². The third-order valence-corrected chi connectivity index (χ3v) is 5.10. The van der Waals surface area contributed by atoms with Gasteiger partial charge >= 0.3 is 0 Å². The Morgan fingerprint density at radius 2 is 2.09 bits per heavy atom. The van der Waals surface area contributed by atoms with E-state index in [0.717, 1.165) is 29.7 Å². The van der Waals surface area contributed by atoms with Crippen LogP contribution in [0.5, 0.6) is 0 Å². The molecular formula is C18H25N3O2. The average Bonchev–Trinajstić information content (AvgIpc) is 3.15. The second-order valence-corrected chi connectivity index (χ2v) is 6.86. The summed E-state index contributed by atoms with van der Waals surface area (Å²) in [6.45, 7) is 5.04. The molecule has 1 atom stereocenters. The van der Waals surface area contributed by atoms with Gasteiger partial charge in [-0.25, -0.2) is 0 Å². The molecule has 1 aliphatic carbocycles. The summed E-state index contributed by atoms with van der Waals surface area (Å²) in [5, 5.41) is 2.98. The number of nitrogens with zero attached hydrogens (tertiary/aromatic N) is 2. The number of amides is 2. The molecule has 2 fully saturated rings. The van der Waals surface area contributed by atoms with Gasteiger partial charge in [0.1, 0.15) is 0 Å². The minimum absolute atomic E-state index is 0.0150. The first kappa shape index (κ1) is 16.0. The van der Waals surface area contributed by atoms with Gasteiger partial charge in [0, 0.05) is 37.4 Å². The maximum atomic E-state index is 12.4. The minimum Gasteiger partial charge on any atom is -0.352 e. The number of hydrogen-bond acceptors (Lipinski definition) is 3. The maximum absolute atomic E-state index is 12.4. The van der Waals surface area contributed by atoms with E-state index in [9.17, 15) is 9.59 Å². The first-order valence-electron chi connectivity index (χ1n) is 8.54. The topological polar surface area (TPSA) is 62.3 Å². The van der Waals surface area contributed by atoms with Crippen molar-refractivity contribution in [3.63, 3.8) is 0 Å². The predicted molar refractivity (Wildman–Crippen MR) is 87.6 cm³/mol. The van der Waals surface area contributed by atoms with Crippen LogP contribution in [0.25, 0.3) is 0 Å². The van der Waals surface area contributed by atoms with Gasteiger partial charge in [0.25, 0.3) is 0 Å². The molecule has 5 heteroatoms. The van der Waals surface area contributed by atoms with Crippen molar-refractivity contribution in [2.45, 2.75) is 58.5 Å². The molecule has 0 spiro atoms. The van der Waals surface area contributed by atoms with Crippen molar-refractivity contribution in [3.8, 4) is 0 Å². The monoisotopic (exact) mass is 315 g/mol. The van der Waals surface area contributed by atoms with E-state index >= 15 is 0 Å². The van der Waals surface area contributed by atoms with Gasteiger partial charge in [-0.05, 0) is 43.9 Å². The SMILES string of the molecule is Cc1cc(C)c(CNC(=O)[C@@H]2CC(=O)N(C3CCCC3)C2)cn1. The fourth-order valence-electron chi connectivity index (χ4n) is 3.71. The summed E-state index contributed by atoms with van der Waals surface area (Å²) in [6, 6.07) is 2.38. The van der Waals surface area contributed by atoms with Crippen molar-refractivity contribution >= 4 is 11.8 Å². The summed E-state index contributed by atoms with van der Waals surface area (Å²) in [4.78, 5) is 30.8. The van der Waals surface area contributed by atoms with Crippen LogP contribution >= 0.6 is 0 Å². The zero-order chi connectivity index (χ0) is 16.4. The summed E-state index contributed by atoms with van der Waals surface area (Å²) in [5.74, 6) is -0.0779. The minimum atomic E-state index is -0.207. The Morgan fingerprint density at radius 1 is 1.35 bits per heavy atom. The molecule has 1 N–H and O–H groups in total. The van der Waals surface area contributed by atoms with Gasteiger partial charge in [0.05, 0.1) is 5.92 Å². The van der Waals surface area contributed by atoms with E-state index in [1.807, 2.05) is 31.0 Å². The molecule has 2 heterocycles. The molecule has 1 aliphatic heterocycles.